The second kappa shape index (κ2) is 11.7. The molecule has 0 radical (unpaired) electrons. The molecule has 0 amide bonds. The van der Waals surface area contributed by atoms with Gasteiger partial charge in [-0.15, -0.1) is 11.3 Å². The monoisotopic (exact) mass is 653 g/mol. The van der Waals surface area contributed by atoms with E-state index in [-0.39, 0.29) is 0 Å². The van der Waals surface area contributed by atoms with E-state index in [4.69, 9.17) is 0 Å². The van der Waals surface area contributed by atoms with Crippen LogP contribution in [0.5, 0.6) is 0 Å². The molecule has 10 rings (SSSR count). The van der Waals surface area contributed by atoms with Crippen LogP contribution in [0.1, 0.15) is 0 Å². The normalized spacial score (nSPS) is 11.6. The molecule has 0 aliphatic rings. The Morgan fingerprint density at radius 2 is 0.800 bits per heavy atom. The minimum absolute atomic E-state index is 1.12. The maximum Gasteiger partial charge on any atom is 0.0462 e. The van der Waals surface area contributed by atoms with Crippen molar-refractivity contribution < 1.29 is 0 Å². The molecule has 0 atom stereocenters. The number of anilines is 3. The quantitative estimate of drug-likeness (QED) is 0.167. The minimum Gasteiger partial charge on any atom is -0.311 e. The Labute approximate surface area is 294 Å². The summed E-state index contributed by atoms with van der Waals surface area (Å²) in [6.07, 6.45) is 0. The number of rotatable bonds is 5. The standard InChI is InChI=1S/C48H31NS/c1-2-13-35(14-3-1)49(36-26-22-32(23-27-36)44-30-34-12-4-5-15-38(34)39-16-6-7-17-40(39)44)37-28-24-33(25-29-37)45-31-46-42-19-10-11-21-47(42)50-48(46)43-20-9-8-18-41(43)45/h1-31H. The van der Waals surface area contributed by atoms with Crippen LogP contribution in [0.25, 0.3) is 74.7 Å². The number of para-hydroxylation sites is 1. The lowest BCUT2D eigenvalue weighted by molar-refractivity contribution is 1.28. The van der Waals surface area contributed by atoms with Crippen molar-refractivity contribution >= 4 is 80.9 Å². The Balaban J connectivity index is 1.07. The zero-order valence-electron chi connectivity index (χ0n) is 27.3. The molecule has 0 aliphatic carbocycles. The van der Waals surface area contributed by atoms with Gasteiger partial charge in [-0.3, -0.25) is 0 Å². The van der Waals surface area contributed by atoms with Gasteiger partial charge in [-0.25, -0.2) is 0 Å². The van der Waals surface area contributed by atoms with Crippen molar-refractivity contribution in [2.24, 2.45) is 0 Å². The maximum absolute atomic E-state index is 2.40. The second-order valence-corrected chi connectivity index (χ2v) is 14.0. The maximum atomic E-state index is 2.40. The van der Waals surface area contributed by atoms with Crippen LogP contribution in [-0.4, -0.2) is 0 Å². The fraction of sp³-hybridized carbons (Fsp3) is 0. The van der Waals surface area contributed by atoms with Gasteiger partial charge in [-0.1, -0.05) is 133 Å². The lowest BCUT2D eigenvalue weighted by atomic mass is 9.93. The lowest BCUT2D eigenvalue weighted by Crippen LogP contribution is -2.09. The summed E-state index contributed by atoms with van der Waals surface area (Å²) in [6, 6.07) is 68.6. The molecule has 234 valence electrons. The summed E-state index contributed by atoms with van der Waals surface area (Å²) in [5.41, 5.74) is 8.31. The van der Waals surface area contributed by atoms with Crippen LogP contribution in [0.15, 0.2) is 188 Å². The molecular weight excluding hydrogens is 623 g/mol. The average Bonchev–Trinajstić information content (AvgIpc) is 3.57. The van der Waals surface area contributed by atoms with Crippen LogP contribution < -0.4 is 4.90 Å². The van der Waals surface area contributed by atoms with Crippen LogP contribution in [0, 0.1) is 0 Å². The predicted octanol–water partition coefficient (Wildman–Crippen LogP) is 14.3. The molecule has 9 aromatic carbocycles. The van der Waals surface area contributed by atoms with E-state index in [1.54, 1.807) is 0 Å². The van der Waals surface area contributed by atoms with Gasteiger partial charge in [0.15, 0.2) is 0 Å². The first-order chi connectivity index (χ1) is 24.8. The zero-order valence-corrected chi connectivity index (χ0v) is 28.1. The second-order valence-electron chi connectivity index (χ2n) is 12.9. The van der Waals surface area contributed by atoms with Crippen LogP contribution in [0.2, 0.25) is 0 Å². The fourth-order valence-electron chi connectivity index (χ4n) is 7.68. The highest BCUT2D eigenvalue weighted by atomic mass is 32.1. The summed E-state index contributed by atoms with van der Waals surface area (Å²) < 4.78 is 2.69. The van der Waals surface area contributed by atoms with Gasteiger partial charge < -0.3 is 4.90 Å². The molecule has 0 bridgehead atoms. The van der Waals surface area contributed by atoms with E-state index in [2.05, 4.69) is 193 Å². The smallest absolute Gasteiger partial charge is 0.0462 e. The van der Waals surface area contributed by atoms with E-state index in [1.165, 1.54) is 74.7 Å². The summed E-state index contributed by atoms with van der Waals surface area (Å²) in [5.74, 6) is 0. The molecule has 1 heterocycles. The number of benzene rings is 9. The third-order valence-electron chi connectivity index (χ3n) is 10.0. The highest BCUT2D eigenvalue weighted by Gasteiger charge is 2.16. The molecule has 1 nitrogen and oxygen atoms in total. The average molecular weight is 654 g/mol. The van der Waals surface area contributed by atoms with Crippen molar-refractivity contribution in [3.05, 3.63) is 188 Å². The minimum atomic E-state index is 1.12. The molecule has 0 saturated heterocycles. The lowest BCUT2D eigenvalue weighted by Gasteiger charge is -2.26. The summed E-state index contributed by atoms with van der Waals surface area (Å²) in [5, 5.41) is 10.4. The van der Waals surface area contributed by atoms with E-state index in [1.807, 2.05) is 11.3 Å². The number of nitrogens with zero attached hydrogens (tertiary/aromatic N) is 1. The number of thiophene rings is 1. The topological polar surface area (TPSA) is 3.24 Å². The molecule has 10 aromatic rings. The Bertz CT molecular complexity index is 2850. The van der Waals surface area contributed by atoms with Crippen molar-refractivity contribution in [1.29, 1.82) is 0 Å². The number of hydrogen-bond acceptors (Lipinski definition) is 2. The molecule has 0 aliphatic heterocycles. The number of fused-ring (bicyclic) bond motifs is 8. The first kappa shape index (κ1) is 28.8. The highest BCUT2D eigenvalue weighted by Crippen LogP contribution is 2.44. The van der Waals surface area contributed by atoms with Crippen LogP contribution in [-0.2, 0) is 0 Å². The van der Waals surface area contributed by atoms with E-state index in [0.29, 0.717) is 0 Å². The highest BCUT2D eigenvalue weighted by molar-refractivity contribution is 7.26. The third-order valence-corrected chi connectivity index (χ3v) is 11.3. The van der Waals surface area contributed by atoms with Crippen LogP contribution in [0.4, 0.5) is 17.1 Å². The van der Waals surface area contributed by atoms with E-state index >= 15 is 0 Å². The molecule has 0 saturated carbocycles. The molecule has 1 aromatic heterocycles. The van der Waals surface area contributed by atoms with Crippen molar-refractivity contribution in [3.8, 4) is 22.3 Å². The van der Waals surface area contributed by atoms with Crippen molar-refractivity contribution in [3.63, 3.8) is 0 Å². The first-order valence-electron chi connectivity index (χ1n) is 17.1. The van der Waals surface area contributed by atoms with Crippen molar-refractivity contribution in [1.82, 2.24) is 0 Å². The zero-order chi connectivity index (χ0) is 33.0. The van der Waals surface area contributed by atoms with Gasteiger partial charge in [-0.2, -0.15) is 0 Å². The van der Waals surface area contributed by atoms with Crippen LogP contribution >= 0.6 is 11.3 Å². The van der Waals surface area contributed by atoms with Gasteiger partial charge >= 0.3 is 0 Å². The largest absolute Gasteiger partial charge is 0.311 e. The van der Waals surface area contributed by atoms with Crippen molar-refractivity contribution in [2.45, 2.75) is 0 Å². The van der Waals surface area contributed by atoms with E-state index < -0.39 is 0 Å². The molecule has 50 heavy (non-hydrogen) atoms. The first-order valence-corrected chi connectivity index (χ1v) is 17.9. The molecule has 0 spiro atoms. The summed E-state index contributed by atoms with van der Waals surface area (Å²) in [4.78, 5) is 2.35. The van der Waals surface area contributed by atoms with E-state index in [0.717, 1.165) is 17.1 Å². The third kappa shape index (κ3) is 4.69. The number of hydrogen-bond donors (Lipinski definition) is 0. The molecule has 0 fully saturated rings. The summed E-state index contributed by atoms with van der Waals surface area (Å²) >= 11 is 1.89. The van der Waals surface area contributed by atoms with Crippen LogP contribution in [0.3, 0.4) is 0 Å². The Morgan fingerprint density at radius 1 is 0.320 bits per heavy atom. The van der Waals surface area contributed by atoms with E-state index in [9.17, 15) is 0 Å². The Morgan fingerprint density at radius 3 is 1.48 bits per heavy atom. The van der Waals surface area contributed by atoms with Crippen molar-refractivity contribution in [2.75, 3.05) is 4.90 Å². The Kier molecular flexibility index (Phi) is 6.75. The Hall–Kier alpha value is -6.22. The molecule has 0 N–H and O–H groups in total. The SMILES string of the molecule is c1ccc(N(c2ccc(-c3cc4ccccc4c4ccccc34)cc2)c2ccc(-c3cc4c5ccccc5sc4c4ccccc34)cc2)cc1. The summed E-state index contributed by atoms with van der Waals surface area (Å²) in [6.45, 7) is 0. The summed E-state index contributed by atoms with van der Waals surface area (Å²) in [7, 11) is 0. The van der Waals surface area contributed by atoms with Gasteiger partial charge in [0.2, 0.25) is 0 Å². The fourth-order valence-corrected chi connectivity index (χ4v) is 8.90. The molecule has 0 unspecified atom stereocenters. The molecule has 2 heteroatoms. The van der Waals surface area contributed by atoms with Gasteiger partial charge in [0.1, 0.15) is 0 Å². The predicted molar refractivity (Wildman–Crippen MR) is 217 cm³/mol. The van der Waals surface area contributed by atoms with Gasteiger partial charge in [-0.05, 0) is 104 Å². The van der Waals surface area contributed by atoms with Gasteiger partial charge in [0.25, 0.3) is 0 Å². The molecular formula is C48H31NS. The van der Waals surface area contributed by atoms with Gasteiger partial charge in [0, 0.05) is 42.6 Å². The van der Waals surface area contributed by atoms with Gasteiger partial charge in [0.05, 0.1) is 0 Å².